The quantitative estimate of drug-likeness (QED) is 0.339. The zero-order chi connectivity index (χ0) is 27.4. The highest BCUT2D eigenvalue weighted by Crippen LogP contribution is 2.32. The number of benzene rings is 1. The van der Waals surface area contributed by atoms with Gasteiger partial charge in [0.15, 0.2) is 21.4 Å². The predicted molar refractivity (Wildman–Crippen MR) is 142 cm³/mol. The first kappa shape index (κ1) is 28.1. The molecule has 1 aromatic carbocycles. The molecular formula is C25H31FN4O6S2. The number of nitrogens with one attached hydrogen (secondary N) is 2. The molecule has 10 nitrogen and oxygen atoms in total. The van der Waals surface area contributed by atoms with Crippen LogP contribution in [0.1, 0.15) is 47.4 Å². The van der Waals surface area contributed by atoms with Gasteiger partial charge < -0.3 is 25.5 Å². The lowest BCUT2D eigenvalue weighted by Gasteiger charge is -2.31. The minimum atomic E-state index is -3.25. The van der Waals surface area contributed by atoms with Crippen LogP contribution in [0.25, 0.3) is 10.2 Å². The van der Waals surface area contributed by atoms with Gasteiger partial charge in [-0.05, 0) is 60.6 Å². The fourth-order valence-electron chi connectivity index (χ4n) is 4.67. The third-order valence-electron chi connectivity index (χ3n) is 6.87. The van der Waals surface area contributed by atoms with E-state index in [1.165, 1.54) is 42.9 Å². The van der Waals surface area contributed by atoms with Crippen molar-refractivity contribution in [1.82, 2.24) is 15.3 Å². The molecule has 1 saturated carbocycles. The predicted octanol–water partition coefficient (Wildman–Crippen LogP) is 2.71. The van der Waals surface area contributed by atoms with E-state index in [1.54, 1.807) is 5.38 Å². The van der Waals surface area contributed by atoms with Crippen molar-refractivity contribution in [2.24, 2.45) is 17.6 Å². The molecular weight excluding hydrogens is 535 g/mol. The number of carbonyl (C=O) groups is 1. The van der Waals surface area contributed by atoms with Crippen molar-refractivity contribution in [3.63, 3.8) is 0 Å². The monoisotopic (exact) mass is 566 g/mol. The third kappa shape index (κ3) is 6.57. The largest absolute Gasteiger partial charge is 0.494 e. The Morgan fingerprint density at radius 2 is 2.05 bits per heavy atom. The molecule has 206 valence electrons. The van der Waals surface area contributed by atoms with Gasteiger partial charge in [-0.2, -0.15) is 0 Å². The number of methoxy groups -OCH3 is 1. The second kappa shape index (κ2) is 11.9. The molecule has 0 saturated heterocycles. The maximum atomic E-state index is 13.6. The summed E-state index contributed by atoms with van der Waals surface area (Å²) in [5.41, 5.74) is 6.78. The van der Waals surface area contributed by atoms with Gasteiger partial charge in [0.25, 0.3) is 11.5 Å². The Bertz CT molecular complexity index is 1460. The summed E-state index contributed by atoms with van der Waals surface area (Å²) < 4.78 is 47.9. The van der Waals surface area contributed by atoms with E-state index in [2.05, 4.69) is 15.3 Å². The molecule has 1 fully saturated rings. The Labute approximate surface area is 223 Å². The average molecular weight is 567 g/mol. The molecule has 0 bridgehead atoms. The Balaban J connectivity index is 1.32. The van der Waals surface area contributed by atoms with Gasteiger partial charge in [-0.15, -0.1) is 11.3 Å². The van der Waals surface area contributed by atoms with E-state index in [0.717, 1.165) is 25.7 Å². The van der Waals surface area contributed by atoms with Crippen LogP contribution in [0.4, 0.5) is 4.39 Å². The number of thiophene rings is 1. The Morgan fingerprint density at radius 3 is 2.74 bits per heavy atom. The van der Waals surface area contributed by atoms with E-state index >= 15 is 0 Å². The molecule has 2 aromatic heterocycles. The standard InChI is InChI=1S/C25H31FN4O6S2/c1-35-19-9-15(5-8-18(19)26)10-28-24(32)22-29-23(31)20-17(13-37-25(20)30-22)12-36-11-14-3-6-16(7-4-14)21(27)38(2,33)34/h5,8-9,13-14,16,21H,3-4,6-7,10-12,27H2,1-2H3,(H,28,32)(H,29,30,31). The van der Waals surface area contributed by atoms with Gasteiger partial charge in [-0.1, -0.05) is 6.07 Å². The van der Waals surface area contributed by atoms with Gasteiger partial charge in [0.1, 0.15) is 10.2 Å². The topological polar surface area (TPSA) is 153 Å². The van der Waals surface area contributed by atoms with Crippen molar-refractivity contribution in [3.8, 4) is 5.75 Å². The Hall–Kier alpha value is -2.87. The van der Waals surface area contributed by atoms with Crippen LogP contribution in [-0.4, -0.2) is 49.6 Å². The molecule has 0 spiro atoms. The molecule has 0 aliphatic heterocycles. The summed E-state index contributed by atoms with van der Waals surface area (Å²) in [6.07, 6.45) is 4.34. The lowest BCUT2D eigenvalue weighted by molar-refractivity contribution is 0.0675. The van der Waals surface area contributed by atoms with Crippen LogP contribution < -0.4 is 21.3 Å². The van der Waals surface area contributed by atoms with Crippen LogP contribution in [0.2, 0.25) is 0 Å². The molecule has 13 heteroatoms. The summed E-state index contributed by atoms with van der Waals surface area (Å²) in [6, 6.07) is 4.26. The second-order valence-corrected chi connectivity index (χ2v) is 12.7. The number of nitrogens with two attached hydrogens (primary N) is 1. The van der Waals surface area contributed by atoms with Crippen LogP contribution in [0.5, 0.6) is 5.75 Å². The van der Waals surface area contributed by atoms with Gasteiger partial charge in [0.2, 0.25) is 5.82 Å². The zero-order valence-electron chi connectivity index (χ0n) is 21.2. The highest BCUT2D eigenvalue weighted by Gasteiger charge is 2.31. The molecule has 38 heavy (non-hydrogen) atoms. The number of aromatic amines is 1. The molecule has 1 aliphatic carbocycles. The number of H-pyrrole nitrogens is 1. The zero-order valence-corrected chi connectivity index (χ0v) is 22.8. The third-order valence-corrected chi connectivity index (χ3v) is 9.16. The van der Waals surface area contributed by atoms with Crippen LogP contribution in [0.15, 0.2) is 28.4 Å². The number of ether oxygens (including phenoxy) is 2. The van der Waals surface area contributed by atoms with E-state index in [-0.39, 0.29) is 30.6 Å². The molecule has 0 radical (unpaired) electrons. The number of aromatic nitrogens is 2. The summed E-state index contributed by atoms with van der Waals surface area (Å²) in [6.45, 7) is 0.826. The summed E-state index contributed by atoms with van der Waals surface area (Å²) in [5, 5.41) is 4.02. The van der Waals surface area contributed by atoms with Gasteiger partial charge >= 0.3 is 0 Å². The van der Waals surface area contributed by atoms with Crippen molar-refractivity contribution < 1.29 is 27.1 Å². The fraction of sp³-hybridized carbons (Fsp3) is 0.480. The highest BCUT2D eigenvalue weighted by molar-refractivity contribution is 7.91. The lowest BCUT2D eigenvalue weighted by Crippen LogP contribution is -2.39. The van der Waals surface area contributed by atoms with E-state index in [0.29, 0.717) is 33.9 Å². The summed E-state index contributed by atoms with van der Waals surface area (Å²) >= 11 is 1.25. The van der Waals surface area contributed by atoms with Gasteiger partial charge in [-0.3, -0.25) is 9.59 Å². The number of rotatable bonds is 10. The number of hydrogen-bond donors (Lipinski definition) is 3. The summed E-state index contributed by atoms with van der Waals surface area (Å²) in [4.78, 5) is 32.7. The van der Waals surface area contributed by atoms with E-state index < -0.39 is 32.5 Å². The molecule has 1 aliphatic rings. The van der Waals surface area contributed by atoms with Gasteiger partial charge in [-0.25, -0.2) is 17.8 Å². The number of fused-ring (bicyclic) bond motifs is 1. The van der Waals surface area contributed by atoms with Crippen LogP contribution in [0, 0.1) is 17.7 Å². The minimum absolute atomic E-state index is 0.0309. The maximum absolute atomic E-state index is 13.6. The summed E-state index contributed by atoms with van der Waals surface area (Å²) in [7, 11) is -1.90. The molecule has 1 atom stereocenters. The molecule has 4 rings (SSSR count). The smallest absolute Gasteiger partial charge is 0.287 e. The first-order valence-corrected chi connectivity index (χ1v) is 15.0. The van der Waals surface area contributed by atoms with Crippen molar-refractivity contribution in [1.29, 1.82) is 0 Å². The number of sulfone groups is 1. The number of nitrogens with zero attached hydrogens (tertiary/aromatic N) is 1. The normalized spacial score (nSPS) is 18.8. The molecule has 1 unspecified atom stereocenters. The fourth-order valence-corrected chi connectivity index (χ4v) is 6.57. The SMILES string of the molecule is COc1cc(CNC(=O)c2nc3scc(COCC4CCC(C(N)S(C)(=O)=O)CC4)c3c(=O)[nH]2)ccc1F. The first-order chi connectivity index (χ1) is 18.1. The van der Waals surface area contributed by atoms with Gasteiger partial charge in [0.05, 0.1) is 19.1 Å². The highest BCUT2D eigenvalue weighted by atomic mass is 32.2. The first-order valence-electron chi connectivity index (χ1n) is 12.2. The molecule has 3 aromatic rings. The van der Waals surface area contributed by atoms with Crippen molar-refractivity contribution in [2.45, 2.75) is 44.2 Å². The minimum Gasteiger partial charge on any atom is -0.494 e. The number of amides is 1. The average Bonchev–Trinajstić information content (AvgIpc) is 3.31. The van der Waals surface area contributed by atoms with E-state index in [4.69, 9.17) is 15.2 Å². The number of carbonyl (C=O) groups excluding carboxylic acids is 1. The van der Waals surface area contributed by atoms with Crippen molar-refractivity contribution in [2.75, 3.05) is 20.0 Å². The van der Waals surface area contributed by atoms with E-state index in [1.807, 2.05) is 0 Å². The van der Waals surface area contributed by atoms with Crippen LogP contribution >= 0.6 is 11.3 Å². The van der Waals surface area contributed by atoms with Gasteiger partial charge in [0, 0.05) is 25.0 Å². The lowest BCUT2D eigenvalue weighted by atomic mass is 9.82. The molecule has 2 heterocycles. The molecule has 4 N–H and O–H groups in total. The molecule has 1 amide bonds. The van der Waals surface area contributed by atoms with Crippen molar-refractivity contribution >= 4 is 37.3 Å². The van der Waals surface area contributed by atoms with E-state index in [9.17, 15) is 22.4 Å². The second-order valence-electron chi connectivity index (χ2n) is 9.60. The Morgan fingerprint density at radius 1 is 1.32 bits per heavy atom. The summed E-state index contributed by atoms with van der Waals surface area (Å²) in [5.74, 6) is -0.841. The maximum Gasteiger partial charge on any atom is 0.287 e. The van der Waals surface area contributed by atoms with Crippen LogP contribution in [0.3, 0.4) is 0 Å². The Kier molecular flexibility index (Phi) is 8.81. The van der Waals surface area contributed by atoms with Crippen LogP contribution in [-0.2, 0) is 27.7 Å². The number of halogens is 1. The number of hydrogen-bond acceptors (Lipinski definition) is 9. The van der Waals surface area contributed by atoms with Crippen molar-refractivity contribution in [3.05, 3.63) is 56.7 Å².